The molecule has 2 aliphatic heterocycles. The Morgan fingerprint density at radius 1 is 0.643 bits per heavy atom. The molecule has 0 amide bonds. The Morgan fingerprint density at radius 2 is 1.12 bits per heavy atom. The zero-order valence-electron chi connectivity index (χ0n) is 25.1. The van der Waals surface area contributed by atoms with Gasteiger partial charge < -0.3 is 0 Å². The van der Waals surface area contributed by atoms with Crippen molar-refractivity contribution in [3.05, 3.63) is 108 Å². The maximum absolute atomic E-state index is 7.18. The fourth-order valence-electron chi connectivity index (χ4n) is 5.74. The van der Waals surface area contributed by atoms with Gasteiger partial charge in [-0.25, -0.2) is 0 Å². The summed E-state index contributed by atoms with van der Waals surface area (Å²) in [5, 5.41) is 0. The van der Waals surface area contributed by atoms with Crippen LogP contribution in [0.4, 0.5) is 0 Å². The zero-order valence-corrected chi connectivity index (χ0v) is 27.9. The van der Waals surface area contributed by atoms with Gasteiger partial charge in [-0.3, -0.25) is 0 Å². The molecule has 5 rings (SSSR count). The number of rotatable bonds is 15. The van der Waals surface area contributed by atoms with Gasteiger partial charge in [0.1, 0.15) is 0 Å². The van der Waals surface area contributed by atoms with Crippen molar-refractivity contribution in [2.24, 2.45) is 0 Å². The third kappa shape index (κ3) is 8.65. The normalized spacial score (nSPS) is 25.1. The van der Waals surface area contributed by atoms with E-state index in [1.54, 1.807) is 0 Å². The molecule has 2 saturated heterocycles. The molecule has 0 aromatic heterocycles. The zero-order chi connectivity index (χ0) is 29.0. The summed E-state index contributed by atoms with van der Waals surface area (Å²) in [6, 6.07) is 30.7. The van der Waals surface area contributed by atoms with Crippen LogP contribution < -0.4 is 0 Å². The van der Waals surface area contributed by atoms with Crippen LogP contribution >= 0.6 is 0 Å². The van der Waals surface area contributed by atoms with E-state index >= 15 is 0 Å². The molecule has 2 heterocycles. The number of hydrogen-bond acceptors (Lipinski definition) is 6. The number of hydrogen-bond donors (Lipinski definition) is 0. The van der Waals surface area contributed by atoms with Crippen LogP contribution in [0, 0.1) is 0 Å². The first kappa shape index (κ1) is 31.6. The summed E-state index contributed by atoms with van der Waals surface area (Å²) in [4.78, 5) is 0. The van der Waals surface area contributed by atoms with Gasteiger partial charge in [-0.1, -0.05) is 0 Å². The van der Waals surface area contributed by atoms with Crippen molar-refractivity contribution in [3.8, 4) is 0 Å². The molecule has 0 aliphatic carbocycles. The monoisotopic (exact) mass is 682 g/mol. The Kier molecular flexibility index (Phi) is 12.3. The van der Waals surface area contributed by atoms with E-state index in [1.165, 1.54) is 0 Å². The minimum absolute atomic E-state index is 0.260. The predicted octanol–water partition coefficient (Wildman–Crippen LogP) is 7.56. The Labute approximate surface area is 256 Å². The second-order valence-corrected chi connectivity index (χ2v) is 20.9. The molecular weight excluding hydrogens is 635 g/mol. The van der Waals surface area contributed by atoms with E-state index in [2.05, 4.69) is 50.2 Å². The topological polar surface area (TPSA) is 55.4 Å². The first-order valence-electron chi connectivity index (χ1n) is 15.6. The summed E-state index contributed by atoms with van der Waals surface area (Å²) in [5.41, 5.74) is 3.29. The van der Waals surface area contributed by atoms with Gasteiger partial charge in [0, 0.05) is 0 Å². The molecule has 2 aliphatic rings. The van der Waals surface area contributed by atoms with E-state index in [-0.39, 0.29) is 18.3 Å². The molecule has 226 valence electrons. The molecule has 42 heavy (non-hydrogen) atoms. The summed E-state index contributed by atoms with van der Waals surface area (Å²) in [7, 11) is 0. The molecule has 7 heteroatoms. The quantitative estimate of drug-likeness (QED) is 0.155. The minimum atomic E-state index is -3.37. The summed E-state index contributed by atoms with van der Waals surface area (Å²) in [5.74, 6) is 0. The average Bonchev–Trinajstić information content (AvgIpc) is 3.05. The van der Waals surface area contributed by atoms with Crippen molar-refractivity contribution < 1.29 is 25.1 Å². The SMILES string of the molecule is CCC[CH2][Sn]1([CH2]CCC)[O]C[C@H]2O[C@@H](OCc3ccccc3)[C@H](OCc3ccccc3)[C@@H](OCc3ccccc3)[C@@H]2[O]1. The molecule has 3 aromatic carbocycles. The third-order valence-electron chi connectivity index (χ3n) is 8.10. The standard InChI is InChI=1S/C27H28O6.2C4H9.Sn/c28-16-23-24(29)25(30-17-20-10-4-1-5-11-20)26(31-18-21-12-6-2-7-13-21)27(33-23)32-19-22-14-8-3-9-15-22;2*1-3-4-2;/h1-15,23-27H,16-19H2;2*1,3-4H2,2H3;/q-2;;;+2/t23-,24-,25+,26-,27-;;;/m1.../s1. The number of unbranched alkanes of at least 4 members (excludes halogenated alkanes) is 2. The summed E-state index contributed by atoms with van der Waals surface area (Å²) in [6.45, 7) is 6.31. The Hall–Kier alpha value is -1.78. The summed E-state index contributed by atoms with van der Waals surface area (Å²) >= 11 is -3.37. The van der Waals surface area contributed by atoms with Gasteiger partial charge in [0.2, 0.25) is 0 Å². The van der Waals surface area contributed by atoms with Gasteiger partial charge in [-0.2, -0.15) is 0 Å². The summed E-state index contributed by atoms with van der Waals surface area (Å²) in [6.07, 6.45) is 2.52. The van der Waals surface area contributed by atoms with Crippen LogP contribution in [0.15, 0.2) is 91.0 Å². The average molecular weight is 681 g/mol. The number of fused-ring (bicyclic) bond motifs is 1. The molecule has 0 bridgehead atoms. The molecule has 5 atom stereocenters. The van der Waals surface area contributed by atoms with Gasteiger partial charge in [0.25, 0.3) is 0 Å². The van der Waals surface area contributed by atoms with Crippen LogP contribution in [0.1, 0.15) is 56.2 Å². The molecule has 0 radical (unpaired) electrons. The number of benzene rings is 3. The molecule has 2 fully saturated rings. The second-order valence-electron chi connectivity index (χ2n) is 11.4. The van der Waals surface area contributed by atoms with Crippen molar-refractivity contribution in [1.82, 2.24) is 0 Å². The van der Waals surface area contributed by atoms with Crippen LogP contribution in [0.2, 0.25) is 8.87 Å². The fourth-order valence-corrected chi connectivity index (χ4v) is 16.8. The molecule has 0 N–H and O–H groups in total. The van der Waals surface area contributed by atoms with Crippen LogP contribution in [0.3, 0.4) is 0 Å². The van der Waals surface area contributed by atoms with Crippen molar-refractivity contribution in [2.45, 2.75) is 98.9 Å². The van der Waals surface area contributed by atoms with E-state index < -0.39 is 31.6 Å². The summed E-state index contributed by atoms with van der Waals surface area (Å²) < 4.78 is 42.6. The van der Waals surface area contributed by atoms with Crippen LogP contribution in [-0.2, 0) is 44.9 Å². The Bertz CT molecular complexity index is 1160. The van der Waals surface area contributed by atoms with Crippen molar-refractivity contribution in [2.75, 3.05) is 6.61 Å². The van der Waals surface area contributed by atoms with Crippen molar-refractivity contribution >= 4 is 19.2 Å². The van der Waals surface area contributed by atoms with Gasteiger partial charge in [-0.05, 0) is 0 Å². The first-order chi connectivity index (χ1) is 20.7. The second kappa shape index (κ2) is 16.3. The van der Waals surface area contributed by atoms with Crippen LogP contribution in [0.5, 0.6) is 0 Å². The third-order valence-corrected chi connectivity index (χ3v) is 18.4. The molecule has 6 nitrogen and oxygen atoms in total. The van der Waals surface area contributed by atoms with E-state index in [1.807, 2.05) is 54.6 Å². The fraction of sp³-hybridized carbons (Fsp3) is 0.486. The van der Waals surface area contributed by atoms with Gasteiger partial charge in [0.15, 0.2) is 0 Å². The first-order valence-corrected chi connectivity index (χ1v) is 22.0. The Balaban J connectivity index is 1.43. The molecular formula is C35H46O6Sn. The van der Waals surface area contributed by atoms with E-state index in [9.17, 15) is 0 Å². The van der Waals surface area contributed by atoms with Crippen molar-refractivity contribution in [1.29, 1.82) is 0 Å². The van der Waals surface area contributed by atoms with Crippen LogP contribution in [-0.4, -0.2) is 56.5 Å². The number of ether oxygens (including phenoxy) is 4. The maximum atomic E-state index is 7.18. The van der Waals surface area contributed by atoms with Crippen molar-refractivity contribution in [3.63, 3.8) is 0 Å². The molecule has 0 saturated carbocycles. The van der Waals surface area contributed by atoms with E-state index in [0.717, 1.165) is 51.2 Å². The predicted molar refractivity (Wildman–Crippen MR) is 166 cm³/mol. The molecule has 0 unspecified atom stereocenters. The molecule has 3 aromatic rings. The van der Waals surface area contributed by atoms with Gasteiger partial charge >= 0.3 is 258 Å². The van der Waals surface area contributed by atoms with E-state index in [0.29, 0.717) is 26.4 Å². The Morgan fingerprint density at radius 3 is 1.62 bits per heavy atom. The van der Waals surface area contributed by atoms with Gasteiger partial charge in [-0.15, -0.1) is 0 Å². The van der Waals surface area contributed by atoms with Crippen LogP contribution in [0.25, 0.3) is 0 Å². The molecule has 0 spiro atoms. The van der Waals surface area contributed by atoms with Gasteiger partial charge in [0.05, 0.1) is 0 Å². The van der Waals surface area contributed by atoms with E-state index in [4.69, 9.17) is 25.1 Å².